The topological polar surface area (TPSA) is 101 Å². The van der Waals surface area contributed by atoms with Crippen LogP contribution in [-0.2, 0) is 0 Å². The first-order valence-corrected chi connectivity index (χ1v) is 4.93. The molecular formula is C10H6F2N4O3. The molecule has 98 valence electrons. The number of rotatable bonds is 3. The average Bonchev–Trinajstić information content (AvgIpc) is 2.82. The third-order valence-electron chi connectivity index (χ3n) is 2.19. The van der Waals surface area contributed by atoms with E-state index < -0.39 is 22.7 Å². The minimum absolute atomic E-state index is 0.129. The molecule has 0 saturated carbocycles. The average molecular weight is 268 g/mol. The van der Waals surface area contributed by atoms with Gasteiger partial charge in [-0.2, -0.15) is 13.8 Å². The molecule has 2 N–H and O–H groups in total. The fourth-order valence-electron chi connectivity index (χ4n) is 1.31. The highest BCUT2D eigenvalue weighted by atomic mass is 19.1. The predicted octanol–water partition coefficient (Wildman–Crippen LogP) is 1.85. The summed E-state index contributed by atoms with van der Waals surface area (Å²) in [5.74, 6) is -3.01. The monoisotopic (exact) mass is 268 g/mol. The van der Waals surface area contributed by atoms with E-state index in [2.05, 4.69) is 15.3 Å². The maximum Gasteiger partial charge on any atom is 0.287 e. The summed E-state index contributed by atoms with van der Waals surface area (Å²) in [5.41, 5.74) is -0.762. The molecule has 2 rings (SSSR count). The fraction of sp³-hybridized carbons (Fsp3) is 0. The maximum atomic E-state index is 13.2. The third-order valence-corrected chi connectivity index (χ3v) is 2.19. The smallest absolute Gasteiger partial charge is 0.287 e. The number of pyridine rings is 1. The second-order valence-corrected chi connectivity index (χ2v) is 3.46. The summed E-state index contributed by atoms with van der Waals surface area (Å²) < 4.78 is 25.7. The zero-order chi connectivity index (χ0) is 14.0. The standard InChI is InChI=1S/C10H6F2N4O3/c11-8-2-1-6(9(12)15-8)14-10(17)7-3-5(4-13-7)16(18)19/h1-4,13H,(H,14,17). The van der Waals surface area contributed by atoms with E-state index in [-0.39, 0.29) is 17.1 Å². The van der Waals surface area contributed by atoms with Gasteiger partial charge in [-0.3, -0.25) is 14.9 Å². The highest BCUT2D eigenvalue weighted by Crippen LogP contribution is 2.16. The quantitative estimate of drug-likeness (QED) is 0.504. The van der Waals surface area contributed by atoms with Gasteiger partial charge < -0.3 is 10.3 Å². The van der Waals surface area contributed by atoms with Crippen molar-refractivity contribution in [2.45, 2.75) is 0 Å². The maximum absolute atomic E-state index is 13.2. The number of nitrogens with one attached hydrogen (secondary N) is 2. The van der Waals surface area contributed by atoms with E-state index in [4.69, 9.17) is 0 Å². The highest BCUT2D eigenvalue weighted by Gasteiger charge is 2.16. The van der Waals surface area contributed by atoms with E-state index in [1.54, 1.807) is 0 Å². The Balaban J connectivity index is 2.18. The molecular weight excluding hydrogens is 262 g/mol. The molecule has 2 aromatic heterocycles. The van der Waals surface area contributed by atoms with Crippen molar-refractivity contribution in [3.8, 4) is 0 Å². The Bertz CT molecular complexity index is 656. The van der Waals surface area contributed by atoms with Crippen LogP contribution in [-0.4, -0.2) is 20.8 Å². The molecule has 7 nitrogen and oxygen atoms in total. The van der Waals surface area contributed by atoms with Crippen LogP contribution in [0.15, 0.2) is 24.4 Å². The van der Waals surface area contributed by atoms with Gasteiger partial charge in [0.1, 0.15) is 5.69 Å². The molecule has 0 aromatic carbocycles. The second-order valence-electron chi connectivity index (χ2n) is 3.46. The molecule has 1 amide bonds. The van der Waals surface area contributed by atoms with Gasteiger partial charge in [0.2, 0.25) is 11.9 Å². The first-order chi connectivity index (χ1) is 8.97. The molecule has 0 unspecified atom stereocenters. The van der Waals surface area contributed by atoms with Crippen LogP contribution in [0.2, 0.25) is 0 Å². The van der Waals surface area contributed by atoms with Gasteiger partial charge in [0, 0.05) is 6.07 Å². The number of aromatic nitrogens is 2. The van der Waals surface area contributed by atoms with Gasteiger partial charge in [0.15, 0.2) is 0 Å². The van der Waals surface area contributed by atoms with E-state index in [1.165, 1.54) is 0 Å². The SMILES string of the molecule is O=C(Nc1ccc(F)nc1F)c1cc([N+](=O)[O-])c[nH]1. The Morgan fingerprint density at radius 2 is 2.16 bits per heavy atom. The number of anilines is 1. The van der Waals surface area contributed by atoms with Gasteiger partial charge in [-0.05, 0) is 12.1 Å². The Labute approximate surface area is 104 Å². The molecule has 0 aliphatic carbocycles. The molecule has 0 saturated heterocycles. The summed E-state index contributed by atoms with van der Waals surface area (Å²) in [4.78, 5) is 26.6. The molecule has 0 fully saturated rings. The van der Waals surface area contributed by atoms with E-state index in [1.807, 2.05) is 0 Å². The van der Waals surface area contributed by atoms with Gasteiger partial charge in [0.05, 0.1) is 16.8 Å². The highest BCUT2D eigenvalue weighted by molar-refractivity contribution is 6.03. The number of carbonyl (C=O) groups excluding carboxylic acids is 1. The van der Waals surface area contributed by atoms with Crippen LogP contribution >= 0.6 is 0 Å². The van der Waals surface area contributed by atoms with Crippen molar-refractivity contribution in [1.29, 1.82) is 0 Å². The molecule has 2 aromatic rings. The third kappa shape index (κ3) is 2.70. The van der Waals surface area contributed by atoms with Crippen LogP contribution < -0.4 is 5.32 Å². The van der Waals surface area contributed by atoms with E-state index in [0.29, 0.717) is 0 Å². The van der Waals surface area contributed by atoms with Crippen molar-refractivity contribution in [3.63, 3.8) is 0 Å². The largest absolute Gasteiger partial charge is 0.351 e. The zero-order valence-corrected chi connectivity index (χ0v) is 9.18. The lowest BCUT2D eigenvalue weighted by Gasteiger charge is -2.03. The van der Waals surface area contributed by atoms with Crippen molar-refractivity contribution in [1.82, 2.24) is 9.97 Å². The normalized spacial score (nSPS) is 10.2. The van der Waals surface area contributed by atoms with Gasteiger partial charge >= 0.3 is 0 Å². The predicted molar refractivity (Wildman–Crippen MR) is 59.6 cm³/mol. The number of halogens is 2. The molecule has 19 heavy (non-hydrogen) atoms. The first kappa shape index (κ1) is 12.6. The van der Waals surface area contributed by atoms with Crippen LogP contribution in [0.25, 0.3) is 0 Å². The van der Waals surface area contributed by atoms with Crippen LogP contribution in [0.4, 0.5) is 20.2 Å². The van der Waals surface area contributed by atoms with E-state index >= 15 is 0 Å². The number of hydrogen-bond donors (Lipinski definition) is 2. The second kappa shape index (κ2) is 4.80. The molecule has 0 aliphatic heterocycles. The number of aromatic amines is 1. The Morgan fingerprint density at radius 1 is 1.42 bits per heavy atom. The lowest BCUT2D eigenvalue weighted by atomic mass is 10.3. The number of nitro groups is 1. The Morgan fingerprint density at radius 3 is 2.74 bits per heavy atom. The van der Waals surface area contributed by atoms with Crippen LogP contribution in [0, 0.1) is 22.0 Å². The molecule has 0 atom stereocenters. The molecule has 9 heteroatoms. The van der Waals surface area contributed by atoms with Crippen molar-refractivity contribution in [3.05, 3.63) is 52.1 Å². The first-order valence-electron chi connectivity index (χ1n) is 4.93. The van der Waals surface area contributed by atoms with Crippen LogP contribution in [0.5, 0.6) is 0 Å². The summed E-state index contributed by atoms with van der Waals surface area (Å²) in [6, 6.07) is 2.85. The Hall–Kier alpha value is -2.84. The number of carbonyl (C=O) groups is 1. The molecule has 2 heterocycles. The lowest BCUT2D eigenvalue weighted by molar-refractivity contribution is -0.384. The number of amides is 1. The van der Waals surface area contributed by atoms with Gasteiger partial charge in [-0.1, -0.05) is 0 Å². The van der Waals surface area contributed by atoms with Crippen molar-refractivity contribution in [2.24, 2.45) is 0 Å². The van der Waals surface area contributed by atoms with Crippen molar-refractivity contribution in [2.75, 3.05) is 5.32 Å². The molecule has 0 spiro atoms. The minimum atomic E-state index is -1.19. The van der Waals surface area contributed by atoms with E-state index in [0.717, 1.165) is 24.4 Å². The summed E-state index contributed by atoms with van der Waals surface area (Å²) in [6.45, 7) is 0. The lowest BCUT2D eigenvalue weighted by Crippen LogP contribution is -2.14. The minimum Gasteiger partial charge on any atom is -0.351 e. The summed E-state index contributed by atoms with van der Waals surface area (Å²) in [6.07, 6.45) is 1.02. The summed E-state index contributed by atoms with van der Waals surface area (Å²) in [5, 5.41) is 12.5. The summed E-state index contributed by atoms with van der Waals surface area (Å²) in [7, 11) is 0. The zero-order valence-electron chi connectivity index (χ0n) is 9.18. The van der Waals surface area contributed by atoms with Gasteiger partial charge in [0.25, 0.3) is 11.6 Å². The number of nitrogens with zero attached hydrogens (tertiary/aromatic N) is 2. The van der Waals surface area contributed by atoms with E-state index in [9.17, 15) is 23.7 Å². The van der Waals surface area contributed by atoms with Gasteiger partial charge in [-0.15, -0.1) is 0 Å². The number of H-pyrrole nitrogens is 1. The molecule has 0 radical (unpaired) electrons. The van der Waals surface area contributed by atoms with Crippen molar-refractivity contribution >= 4 is 17.3 Å². The van der Waals surface area contributed by atoms with Gasteiger partial charge in [-0.25, -0.2) is 0 Å². The van der Waals surface area contributed by atoms with Crippen LogP contribution in [0.1, 0.15) is 10.5 Å². The summed E-state index contributed by atoms with van der Waals surface area (Å²) >= 11 is 0. The van der Waals surface area contributed by atoms with Crippen molar-refractivity contribution < 1.29 is 18.5 Å². The fourth-order valence-corrected chi connectivity index (χ4v) is 1.31. The van der Waals surface area contributed by atoms with Crippen LogP contribution in [0.3, 0.4) is 0 Å². The molecule has 0 bridgehead atoms. The Kier molecular flexibility index (Phi) is 3.19. The number of hydrogen-bond acceptors (Lipinski definition) is 4. The molecule has 0 aliphatic rings.